The molecule has 156 valence electrons. The summed E-state index contributed by atoms with van der Waals surface area (Å²) in [6, 6.07) is 4.27. The zero-order valence-corrected chi connectivity index (χ0v) is 19.0. The Morgan fingerprint density at radius 2 is 1.93 bits per heavy atom. The Morgan fingerprint density at radius 1 is 1.24 bits per heavy atom. The van der Waals surface area contributed by atoms with Crippen molar-refractivity contribution in [1.82, 2.24) is 0 Å². The normalized spacial score (nSPS) is 21.0. The van der Waals surface area contributed by atoms with Crippen molar-refractivity contribution >= 4 is 17.1 Å². The van der Waals surface area contributed by atoms with Crippen molar-refractivity contribution in [2.75, 3.05) is 13.2 Å². The summed E-state index contributed by atoms with van der Waals surface area (Å²) in [5.74, 6) is 2.63. The van der Waals surface area contributed by atoms with Gasteiger partial charge in [-0.15, -0.1) is 11.3 Å². The summed E-state index contributed by atoms with van der Waals surface area (Å²) in [4.78, 5) is 15.4. The Balaban J connectivity index is 1.44. The van der Waals surface area contributed by atoms with Crippen LogP contribution in [0.15, 0.2) is 12.1 Å². The van der Waals surface area contributed by atoms with Gasteiger partial charge in [-0.2, -0.15) is 0 Å². The van der Waals surface area contributed by atoms with Gasteiger partial charge >= 0.3 is 0 Å². The van der Waals surface area contributed by atoms with Crippen LogP contribution >= 0.6 is 11.3 Å². The van der Waals surface area contributed by atoms with Crippen LogP contribution in [0.4, 0.5) is 0 Å². The first-order chi connectivity index (χ1) is 13.8. The molecule has 2 unspecified atom stereocenters. The number of benzene rings is 1. The number of aryl methyl sites for hydroxylation is 4. The highest BCUT2D eigenvalue weighted by atomic mass is 32.1. The van der Waals surface area contributed by atoms with E-state index in [1.54, 1.807) is 11.3 Å². The predicted molar refractivity (Wildman–Crippen MR) is 119 cm³/mol. The van der Waals surface area contributed by atoms with Crippen LogP contribution in [-0.4, -0.2) is 24.1 Å². The fraction of sp³-hybridized carbons (Fsp3) is 0.560. The molecule has 1 fully saturated rings. The molecular formula is C25H32O3S. The Kier molecular flexibility index (Phi) is 5.37. The second kappa shape index (κ2) is 7.55. The molecule has 3 nitrogen and oxygen atoms in total. The fourth-order valence-electron chi connectivity index (χ4n) is 5.38. The molecule has 2 aromatic rings. The minimum Gasteiger partial charge on any atom is -0.493 e. The summed E-state index contributed by atoms with van der Waals surface area (Å²) in [5.41, 5.74) is 6.68. The van der Waals surface area contributed by atoms with Crippen molar-refractivity contribution in [1.29, 1.82) is 0 Å². The van der Waals surface area contributed by atoms with Gasteiger partial charge in [-0.25, -0.2) is 0 Å². The second-order valence-corrected chi connectivity index (χ2v) is 10.6. The third-order valence-corrected chi connectivity index (χ3v) is 8.19. The van der Waals surface area contributed by atoms with E-state index in [-0.39, 0.29) is 6.61 Å². The summed E-state index contributed by atoms with van der Waals surface area (Å²) < 4.78 is 5.82. The van der Waals surface area contributed by atoms with Gasteiger partial charge in [-0.1, -0.05) is 26.0 Å². The molecule has 0 saturated heterocycles. The molecular weight excluding hydrogens is 380 g/mol. The van der Waals surface area contributed by atoms with Gasteiger partial charge in [0.25, 0.3) is 0 Å². The molecule has 1 aromatic heterocycles. The number of rotatable bonds is 8. The quantitative estimate of drug-likeness (QED) is 0.457. The number of carbonyl (C=O) groups is 1. The largest absolute Gasteiger partial charge is 0.493 e. The fourth-order valence-corrected chi connectivity index (χ4v) is 6.58. The van der Waals surface area contributed by atoms with E-state index in [1.165, 1.54) is 21.6 Å². The van der Waals surface area contributed by atoms with Crippen LogP contribution < -0.4 is 4.74 Å². The number of fused-ring (bicyclic) bond motifs is 3. The van der Waals surface area contributed by atoms with E-state index in [4.69, 9.17) is 9.84 Å². The molecule has 4 heteroatoms. The lowest BCUT2D eigenvalue weighted by Crippen LogP contribution is -2.06. The van der Waals surface area contributed by atoms with Crippen molar-refractivity contribution in [3.63, 3.8) is 0 Å². The lowest BCUT2D eigenvalue weighted by molar-refractivity contribution is 0.0985. The van der Waals surface area contributed by atoms with E-state index < -0.39 is 0 Å². The van der Waals surface area contributed by atoms with Gasteiger partial charge in [0, 0.05) is 24.3 Å². The Bertz CT molecular complexity index is 930. The number of Topliss-reactive ketones (excluding diaryl/α,β-unsaturated/α-hetero) is 1. The van der Waals surface area contributed by atoms with Gasteiger partial charge < -0.3 is 9.84 Å². The van der Waals surface area contributed by atoms with Crippen LogP contribution in [0, 0.1) is 32.1 Å². The molecule has 0 aliphatic heterocycles. The highest BCUT2D eigenvalue weighted by Gasteiger charge is 2.63. The standard InChI is InChI=1S/C25H32O3S/c1-14-11-17(12-15(2)23(14)28-10-6-9-26)7-8-20(27)24-18-13-19-22(25(19,4)5)21(18)16(3)29-24/h11-12,19,22,26H,6-10,13H2,1-5H3. The summed E-state index contributed by atoms with van der Waals surface area (Å²) >= 11 is 1.72. The van der Waals surface area contributed by atoms with Gasteiger partial charge in [0.2, 0.25) is 0 Å². The smallest absolute Gasteiger partial charge is 0.173 e. The molecule has 2 atom stereocenters. The van der Waals surface area contributed by atoms with E-state index in [0.29, 0.717) is 36.6 Å². The number of hydrogen-bond acceptors (Lipinski definition) is 4. The van der Waals surface area contributed by atoms with E-state index in [2.05, 4.69) is 46.8 Å². The highest BCUT2D eigenvalue weighted by molar-refractivity contribution is 7.14. The number of aliphatic hydroxyl groups excluding tert-OH is 1. The van der Waals surface area contributed by atoms with Crippen LogP contribution in [0.5, 0.6) is 5.75 Å². The summed E-state index contributed by atoms with van der Waals surface area (Å²) in [6.45, 7) is 11.7. The van der Waals surface area contributed by atoms with E-state index in [0.717, 1.165) is 40.5 Å². The number of ketones is 1. The molecule has 1 aromatic carbocycles. The number of hydrogen-bond donors (Lipinski definition) is 1. The van der Waals surface area contributed by atoms with E-state index >= 15 is 0 Å². The molecule has 0 radical (unpaired) electrons. The lowest BCUT2D eigenvalue weighted by atomic mass is 9.93. The third-order valence-electron chi connectivity index (χ3n) is 6.98. The average Bonchev–Trinajstić information content (AvgIpc) is 3.00. The molecule has 0 bridgehead atoms. The van der Waals surface area contributed by atoms with Crippen LogP contribution in [0.1, 0.15) is 75.0 Å². The second-order valence-electron chi connectivity index (χ2n) is 9.40. The summed E-state index contributed by atoms with van der Waals surface area (Å²) in [6.07, 6.45) is 3.06. The molecule has 29 heavy (non-hydrogen) atoms. The van der Waals surface area contributed by atoms with Crippen LogP contribution in [0.25, 0.3) is 0 Å². The van der Waals surface area contributed by atoms with E-state index in [1.807, 2.05) is 0 Å². The monoisotopic (exact) mass is 412 g/mol. The molecule has 4 rings (SSSR count). The maximum absolute atomic E-state index is 13.0. The predicted octanol–water partition coefficient (Wildman–Crippen LogP) is 5.55. The first kappa shape index (κ1) is 20.6. The third kappa shape index (κ3) is 3.55. The van der Waals surface area contributed by atoms with Gasteiger partial charge in [0.05, 0.1) is 11.5 Å². The Hall–Kier alpha value is -1.65. The number of aliphatic hydroxyl groups is 1. The van der Waals surface area contributed by atoms with Crippen molar-refractivity contribution in [3.8, 4) is 5.75 Å². The van der Waals surface area contributed by atoms with E-state index in [9.17, 15) is 4.79 Å². The van der Waals surface area contributed by atoms with Gasteiger partial charge in [-0.05, 0) is 78.7 Å². The SMILES string of the molecule is Cc1cc(CCC(=O)c2sc(C)c3c2CC2C3C2(C)C)cc(C)c1OCCCO. The van der Waals surface area contributed by atoms with Gasteiger partial charge in [0.15, 0.2) is 5.78 Å². The maximum Gasteiger partial charge on any atom is 0.173 e. The van der Waals surface area contributed by atoms with Crippen LogP contribution in [0.3, 0.4) is 0 Å². The Morgan fingerprint density at radius 3 is 2.59 bits per heavy atom. The van der Waals surface area contributed by atoms with Crippen molar-refractivity contribution < 1.29 is 14.6 Å². The Labute approximate surface area is 178 Å². The molecule has 0 amide bonds. The van der Waals surface area contributed by atoms with Gasteiger partial charge in [0.1, 0.15) is 5.75 Å². The minimum atomic E-state index is 0.142. The summed E-state index contributed by atoms with van der Waals surface area (Å²) in [7, 11) is 0. The molecule has 2 aliphatic carbocycles. The van der Waals surface area contributed by atoms with Crippen molar-refractivity contribution in [3.05, 3.63) is 49.7 Å². The molecule has 1 saturated carbocycles. The summed E-state index contributed by atoms with van der Waals surface area (Å²) in [5, 5.41) is 8.93. The first-order valence-electron chi connectivity index (χ1n) is 10.7. The molecule has 2 aliphatic rings. The molecule has 0 spiro atoms. The average molecular weight is 413 g/mol. The zero-order chi connectivity index (χ0) is 20.9. The molecule has 1 heterocycles. The molecule has 1 N–H and O–H groups in total. The number of thiophene rings is 1. The highest BCUT2D eigenvalue weighted by Crippen LogP contribution is 2.71. The minimum absolute atomic E-state index is 0.142. The van der Waals surface area contributed by atoms with Gasteiger partial charge in [-0.3, -0.25) is 4.79 Å². The first-order valence-corrected chi connectivity index (χ1v) is 11.6. The van der Waals surface area contributed by atoms with Crippen LogP contribution in [-0.2, 0) is 12.8 Å². The number of carbonyl (C=O) groups excluding carboxylic acids is 1. The maximum atomic E-state index is 13.0. The lowest BCUT2D eigenvalue weighted by Gasteiger charge is -2.14. The van der Waals surface area contributed by atoms with Crippen molar-refractivity contribution in [2.45, 2.75) is 66.2 Å². The van der Waals surface area contributed by atoms with Crippen molar-refractivity contribution in [2.24, 2.45) is 11.3 Å². The van der Waals surface area contributed by atoms with Crippen LogP contribution in [0.2, 0.25) is 0 Å². The number of ether oxygens (including phenoxy) is 1. The topological polar surface area (TPSA) is 46.5 Å². The zero-order valence-electron chi connectivity index (χ0n) is 18.2.